The molecule has 31 heavy (non-hydrogen) atoms. The van der Waals surface area contributed by atoms with Gasteiger partial charge in [-0.25, -0.2) is 4.90 Å². The van der Waals surface area contributed by atoms with Crippen molar-refractivity contribution in [2.24, 2.45) is 10.3 Å². The third kappa shape index (κ3) is 3.35. The van der Waals surface area contributed by atoms with Gasteiger partial charge in [-0.3, -0.25) is 19.4 Å². The lowest BCUT2D eigenvalue weighted by Crippen LogP contribution is -2.43. The molecule has 3 heterocycles. The van der Waals surface area contributed by atoms with Crippen LogP contribution in [0, 0.1) is 6.92 Å². The Morgan fingerprint density at radius 2 is 1.90 bits per heavy atom. The first-order valence-electron chi connectivity index (χ1n) is 9.83. The molecule has 158 valence electrons. The van der Waals surface area contributed by atoms with Crippen LogP contribution in [-0.4, -0.2) is 54.6 Å². The lowest BCUT2D eigenvalue weighted by Gasteiger charge is -2.22. The van der Waals surface area contributed by atoms with Crippen LogP contribution in [0.15, 0.2) is 52.8 Å². The number of aryl methyl sites for hydroxylation is 1. The van der Waals surface area contributed by atoms with Crippen molar-refractivity contribution in [1.29, 1.82) is 0 Å². The lowest BCUT2D eigenvalue weighted by molar-refractivity contribution is -0.123. The molecule has 2 unspecified atom stereocenters. The topological polar surface area (TPSA) is 113 Å². The minimum atomic E-state index is -0.979. The maximum Gasteiger partial charge on any atom is 0.263 e. The van der Waals surface area contributed by atoms with E-state index in [1.807, 2.05) is 25.1 Å². The van der Waals surface area contributed by atoms with E-state index in [9.17, 15) is 14.4 Å². The first kappa shape index (κ1) is 19.0. The Morgan fingerprint density at radius 3 is 2.71 bits per heavy atom. The van der Waals surface area contributed by atoms with Crippen molar-refractivity contribution in [3.63, 3.8) is 0 Å². The monoisotopic (exact) mass is 421 g/mol. The number of hydrogen-bond donors (Lipinski definition) is 1. The molecular weight excluding hydrogens is 402 g/mol. The SMILES string of the molecule is Cc1cccc(NC(=O)CN2N=NC3C(=O)N(c4ccc5c(c4)OCCO5)C(=O)C32)c1. The summed E-state index contributed by atoms with van der Waals surface area (Å²) in [5.41, 5.74) is 2.02. The first-order chi connectivity index (χ1) is 15.0. The fourth-order valence-electron chi connectivity index (χ4n) is 3.85. The molecule has 2 aromatic rings. The number of hydrogen-bond acceptors (Lipinski definition) is 8. The molecule has 2 aromatic carbocycles. The third-order valence-corrected chi connectivity index (χ3v) is 5.25. The molecule has 1 N–H and O–H groups in total. The minimum absolute atomic E-state index is 0.202. The van der Waals surface area contributed by atoms with Crippen molar-refractivity contribution >= 4 is 29.1 Å². The summed E-state index contributed by atoms with van der Waals surface area (Å²) < 4.78 is 11.0. The number of fused-ring (bicyclic) bond motifs is 2. The Kier molecular flexibility index (Phi) is 4.54. The molecule has 1 saturated heterocycles. The van der Waals surface area contributed by atoms with E-state index in [0.29, 0.717) is 36.1 Å². The van der Waals surface area contributed by atoms with Crippen LogP contribution in [0.1, 0.15) is 5.56 Å². The van der Waals surface area contributed by atoms with Crippen molar-refractivity contribution in [3.8, 4) is 11.5 Å². The second-order valence-electron chi connectivity index (χ2n) is 7.45. The van der Waals surface area contributed by atoms with Crippen molar-refractivity contribution in [2.75, 3.05) is 30.0 Å². The molecule has 0 spiro atoms. The average molecular weight is 421 g/mol. The van der Waals surface area contributed by atoms with Gasteiger partial charge in [0.05, 0.1) is 5.69 Å². The van der Waals surface area contributed by atoms with Crippen LogP contribution in [0.5, 0.6) is 11.5 Å². The van der Waals surface area contributed by atoms with Gasteiger partial charge >= 0.3 is 0 Å². The number of amides is 3. The normalized spacial score (nSPS) is 21.5. The van der Waals surface area contributed by atoms with Gasteiger partial charge in [0.1, 0.15) is 19.8 Å². The van der Waals surface area contributed by atoms with E-state index >= 15 is 0 Å². The van der Waals surface area contributed by atoms with Gasteiger partial charge in [-0.15, -0.1) is 0 Å². The summed E-state index contributed by atoms with van der Waals surface area (Å²) in [4.78, 5) is 39.5. The van der Waals surface area contributed by atoms with Crippen LogP contribution in [0.3, 0.4) is 0 Å². The lowest BCUT2D eigenvalue weighted by atomic mass is 10.1. The van der Waals surface area contributed by atoms with Crippen LogP contribution < -0.4 is 19.7 Å². The van der Waals surface area contributed by atoms with Crippen molar-refractivity contribution < 1.29 is 23.9 Å². The standard InChI is InChI=1S/C21H19N5O5/c1-12-3-2-4-13(9-12)22-17(27)11-25-19-18(23-24-25)20(28)26(21(19)29)14-5-6-15-16(10-14)31-8-7-30-15/h2-6,9-10,18-19H,7-8,11H2,1H3,(H,22,27). The van der Waals surface area contributed by atoms with E-state index in [0.717, 1.165) is 10.5 Å². The van der Waals surface area contributed by atoms with Crippen LogP contribution in [0.4, 0.5) is 11.4 Å². The van der Waals surface area contributed by atoms with Crippen molar-refractivity contribution in [3.05, 3.63) is 48.0 Å². The number of imide groups is 1. The minimum Gasteiger partial charge on any atom is -0.486 e. The maximum atomic E-state index is 13.1. The van der Waals surface area contributed by atoms with Gasteiger partial charge < -0.3 is 14.8 Å². The van der Waals surface area contributed by atoms with Crippen molar-refractivity contribution in [1.82, 2.24) is 5.01 Å². The average Bonchev–Trinajstić information content (AvgIpc) is 3.27. The van der Waals surface area contributed by atoms with Gasteiger partial charge in [-0.05, 0) is 36.8 Å². The summed E-state index contributed by atoms with van der Waals surface area (Å²) >= 11 is 0. The van der Waals surface area contributed by atoms with E-state index < -0.39 is 23.9 Å². The Balaban J connectivity index is 1.32. The molecule has 10 nitrogen and oxygen atoms in total. The number of nitrogens with zero attached hydrogens (tertiary/aromatic N) is 4. The number of anilines is 2. The molecule has 2 atom stereocenters. The smallest absolute Gasteiger partial charge is 0.263 e. The zero-order valence-electron chi connectivity index (χ0n) is 16.6. The molecule has 0 aliphatic carbocycles. The van der Waals surface area contributed by atoms with Gasteiger partial charge in [-0.1, -0.05) is 17.4 Å². The van der Waals surface area contributed by atoms with Gasteiger partial charge in [-0.2, -0.15) is 5.11 Å². The quantitative estimate of drug-likeness (QED) is 0.752. The maximum absolute atomic E-state index is 13.1. The highest BCUT2D eigenvalue weighted by Gasteiger charge is 2.55. The zero-order chi connectivity index (χ0) is 21.5. The second-order valence-corrected chi connectivity index (χ2v) is 7.45. The van der Waals surface area contributed by atoms with Gasteiger partial charge in [0.15, 0.2) is 23.6 Å². The van der Waals surface area contributed by atoms with Crippen LogP contribution in [-0.2, 0) is 14.4 Å². The van der Waals surface area contributed by atoms with Gasteiger partial charge in [0, 0.05) is 11.8 Å². The fraction of sp³-hybridized carbons (Fsp3) is 0.286. The molecule has 3 aliphatic heterocycles. The summed E-state index contributed by atoms with van der Waals surface area (Å²) in [6.45, 7) is 2.55. The highest BCUT2D eigenvalue weighted by molar-refractivity contribution is 6.25. The molecule has 3 amide bonds. The Hall–Kier alpha value is -3.95. The number of rotatable bonds is 4. The van der Waals surface area contributed by atoms with Crippen LogP contribution >= 0.6 is 0 Å². The molecule has 10 heteroatoms. The van der Waals surface area contributed by atoms with Gasteiger partial charge in [0.25, 0.3) is 11.8 Å². The van der Waals surface area contributed by atoms with Crippen molar-refractivity contribution in [2.45, 2.75) is 19.0 Å². The number of nitrogens with one attached hydrogen (secondary N) is 1. The van der Waals surface area contributed by atoms with E-state index in [1.165, 1.54) is 5.01 Å². The van der Waals surface area contributed by atoms with E-state index in [-0.39, 0.29) is 12.5 Å². The predicted octanol–water partition coefficient (Wildman–Crippen LogP) is 1.70. The number of benzene rings is 2. The second kappa shape index (κ2) is 7.38. The van der Waals surface area contributed by atoms with E-state index in [4.69, 9.17) is 9.47 Å². The molecule has 1 fully saturated rings. The molecule has 3 aliphatic rings. The highest BCUT2D eigenvalue weighted by Crippen LogP contribution is 2.37. The summed E-state index contributed by atoms with van der Waals surface area (Å²) in [7, 11) is 0. The Morgan fingerprint density at radius 1 is 1.10 bits per heavy atom. The molecule has 0 radical (unpaired) electrons. The largest absolute Gasteiger partial charge is 0.486 e. The molecular formula is C21H19N5O5. The number of ether oxygens (including phenoxy) is 2. The first-order valence-corrected chi connectivity index (χ1v) is 9.83. The Labute approximate surface area is 177 Å². The molecule has 0 aromatic heterocycles. The summed E-state index contributed by atoms with van der Waals surface area (Å²) in [5, 5.41) is 11.9. The Bertz CT molecular complexity index is 1120. The van der Waals surface area contributed by atoms with Crippen LogP contribution in [0.2, 0.25) is 0 Å². The van der Waals surface area contributed by atoms with E-state index in [2.05, 4.69) is 15.7 Å². The summed E-state index contributed by atoms with van der Waals surface area (Å²) in [6.07, 6.45) is 0. The summed E-state index contributed by atoms with van der Waals surface area (Å²) in [5.74, 6) is -0.305. The van der Waals surface area contributed by atoms with E-state index in [1.54, 1.807) is 24.3 Å². The molecule has 5 rings (SSSR count). The zero-order valence-corrected chi connectivity index (χ0v) is 16.6. The highest BCUT2D eigenvalue weighted by atomic mass is 16.6. The number of carbonyl (C=O) groups excluding carboxylic acids is 3. The van der Waals surface area contributed by atoms with Crippen LogP contribution in [0.25, 0.3) is 0 Å². The van der Waals surface area contributed by atoms with Gasteiger partial charge in [0.2, 0.25) is 5.91 Å². The predicted molar refractivity (Wildman–Crippen MR) is 109 cm³/mol. The number of carbonyl (C=O) groups is 3. The fourth-order valence-corrected chi connectivity index (χ4v) is 3.85. The molecule has 0 saturated carbocycles. The molecule has 0 bridgehead atoms. The summed E-state index contributed by atoms with van der Waals surface area (Å²) in [6, 6.07) is 10.3. The third-order valence-electron chi connectivity index (χ3n) is 5.25.